The van der Waals surface area contributed by atoms with Crippen molar-refractivity contribution in [3.63, 3.8) is 0 Å². The Balaban J connectivity index is 2.30. The SMILES string of the molecule is Cc1cc(CCl)nc(C2CC2C)n1. The number of aryl methyl sites for hydroxylation is 1. The first kappa shape index (κ1) is 8.95. The van der Waals surface area contributed by atoms with Crippen LogP contribution in [0.15, 0.2) is 6.07 Å². The lowest BCUT2D eigenvalue weighted by Crippen LogP contribution is -1.99. The van der Waals surface area contributed by atoms with Crippen LogP contribution in [0.5, 0.6) is 0 Å². The number of nitrogens with zero attached hydrogens (tertiary/aromatic N) is 2. The van der Waals surface area contributed by atoms with Gasteiger partial charge in [0.15, 0.2) is 0 Å². The molecule has 0 amide bonds. The number of alkyl halides is 1. The second-order valence-electron chi connectivity index (χ2n) is 3.81. The summed E-state index contributed by atoms with van der Waals surface area (Å²) in [5.74, 6) is 2.81. The van der Waals surface area contributed by atoms with Gasteiger partial charge in [-0.25, -0.2) is 9.97 Å². The van der Waals surface area contributed by atoms with E-state index in [1.165, 1.54) is 6.42 Å². The van der Waals surface area contributed by atoms with Crippen LogP contribution in [0.3, 0.4) is 0 Å². The average molecular weight is 197 g/mol. The minimum absolute atomic E-state index is 0.484. The van der Waals surface area contributed by atoms with Gasteiger partial charge in [0.05, 0.1) is 11.6 Å². The van der Waals surface area contributed by atoms with Crippen molar-refractivity contribution in [1.82, 2.24) is 9.97 Å². The molecule has 0 radical (unpaired) electrons. The summed E-state index contributed by atoms with van der Waals surface area (Å²) >= 11 is 5.74. The summed E-state index contributed by atoms with van der Waals surface area (Å²) in [4.78, 5) is 8.85. The van der Waals surface area contributed by atoms with E-state index in [1.54, 1.807) is 0 Å². The van der Waals surface area contributed by atoms with Crippen LogP contribution in [0.4, 0.5) is 0 Å². The molecule has 0 saturated heterocycles. The van der Waals surface area contributed by atoms with E-state index in [0.29, 0.717) is 11.8 Å². The maximum atomic E-state index is 5.74. The van der Waals surface area contributed by atoms with Gasteiger partial charge in [-0.1, -0.05) is 6.92 Å². The van der Waals surface area contributed by atoms with Crippen LogP contribution in [0.25, 0.3) is 0 Å². The van der Waals surface area contributed by atoms with Crippen molar-refractivity contribution in [2.24, 2.45) is 5.92 Å². The molecule has 0 N–H and O–H groups in total. The molecule has 2 nitrogen and oxygen atoms in total. The molecular formula is C10H13ClN2. The van der Waals surface area contributed by atoms with Gasteiger partial charge in [0.1, 0.15) is 5.82 Å². The van der Waals surface area contributed by atoms with Crippen molar-refractivity contribution >= 4 is 11.6 Å². The normalized spacial score (nSPS) is 26.1. The fourth-order valence-electron chi connectivity index (χ4n) is 1.57. The zero-order chi connectivity index (χ0) is 9.42. The third-order valence-corrected chi connectivity index (χ3v) is 2.78. The van der Waals surface area contributed by atoms with Crippen molar-refractivity contribution < 1.29 is 0 Å². The topological polar surface area (TPSA) is 25.8 Å². The van der Waals surface area contributed by atoms with E-state index in [1.807, 2.05) is 13.0 Å². The number of aromatic nitrogens is 2. The minimum Gasteiger partial charge on any atom is -0.238 e. The molecule has 1 aromatic rings. The summed E-state index contributed by atoms with van der Waals surface area (Å²) in [5.41, 5.74) is 1.98. The summed E-state index contributed by atoms with van der Waals surface area (Å²) < 4.78 is 0. The number of rotatable bonds is 2. The van der Waals surface area contributed by atoms with Gasteiger partial charge in [-0.15, -0.1) is 11.6 Å². The predicted molar refractivity (Wildman–Crippen MR) is 52.8 cm³/mol. The zero-order valence-corrected chi connectivity index (χ0v) is 8.67. The third-order valence-electron chi connectivity index (χ3n) is 2.50. The van der Waals surface area contributed by atoms with Crippen molar-refractivity contribution in [2.75, 3.05) is 0 Å². The zero-order valence-electron chi connectivity index (χ0n) is 7.92. The van der Waals surface area contributed by atoms with Crippen LogP contribution in [-0.2, 0) is 5.88 Å². The number of hydrogen-bond acceptors (Lipinski definition) is 2. The second kappa shape index (κ2) is 3.26. The molecule has 0 aromatic carbocycles. The Labute approximate surface area is 83.4 Å². The van der Waals surface area contributed by atoms with E-state index in [4.69, 9.17) is 11.6 Å². The van der Waals surface area contributed by atoms with E-state index in [-0.39, 0.29) is 0 Å². The standard InChI is InChI=1S/C10H13ClN2/c1-6-3-9(6)10-12-7(2)4-8(5-11)13-10/h4,6,9H,3,5H2,1-2H3. The Morgan fingerprint density at radius 1 is 1.54 bits per heavy atom. The smallest absolute Gasteiger partial charge is 0.132 e. The lowest BCUT2D eigenvalue weighted by atomic mass is 10.3. The second-order valence-corrected chi connectivity index (χ2v) is 4.08. The summed E-state index contributed by atoms with van der Waals surface area (Å²) in [7, 11) is 0. The summed E-state index contributed by atoms with van der Waals surface area (Å²) in [6.45, 7) is 4.23. The molecule has 2 unspecified atom stereocenters. The Morgan fingerprint density at radius 3 is 2.77 bits per heavy atom. The maximum absolute atomic E-state index is 5.74. The van der Waals surface area contributed by atoms with Crippen LogP contribution in [0.2, 0.25) is 0 Å². The molecule has 1 fully saturated rings. The number of halogens is 1. The molecule has 13 heavy (non-hydrogen) atoms. The van der Waals surface area contributed by atoms with E-state index < -0.39 is 0 Å². The first-order chi connectivity index (χ1) is 6.20. The van der Waals surface area contributed by atoms with Crippen molar-refractivity contribution in [2.45, 2.75) is 32.1 Å². The van der Waals surface area contributed by atoms with Crippen LogP contribution in [0, 0.1) is 12.8 Å². The molecule has 2 atom stereocenters. The first-order valence-electron chi connectivity index (χ1n) is 4.61. The van der Waals surface area contributed by atoms with Gasteiger partial charge in [-0.05, 0) is 25.3 Å². The quantitative estimate of drug-likeness (QED) is 0.680. The van der Waals surface area contributed by atoms with Gasteiger partial charge in [0, 0.05) is 11.6 Å². The van der Waals surface area contributed by atoms with Crippen LogP contribution in [-0.4, -0.2) is 9.97 Å². The van der Waals surface area contributed by atoms with Gasteiger partial charge in [-0.2, -0.15) is 0 Å². The van der Waals surface area contributed by atoms with Crippen LogP contribution in [0.1, 0.15) is 36.5 Å². The molecule has 1 aromatic heterocycles. The lowest BCUT2D eigenvalue weighted by Gasteiger charge is -2.02. The molecule has 70 valence electrons. The highest BCUT2D eigenvalue weighted by molar-refractivity contribution is 6.16. The highest BCUT2D eigenvalue weighted by Gasteiger charge is 2.36. The van der Waals surface area contributed by atoms with E-state index in [2.05, 4.69) is 16.9 Å². The average Bonchev–Trinajstić information content (AvgIpc) is 2.81. The highest BCUT2D eigenvalue weighted by Crippen LogP contribution is 2.45. The first-order valence-corrected chi connectivity index (χ1v) is 5.14. The maximum Gasteiger partial charge on any atom is 0.132 e. The predicted octanol–water partition coefficient (Wildman–Crippen LogP) is 2.65. The van der Waals surface area contributed by atoms with Crippen LogP contribution < -0.4 is 0 Å². The Morgan fingerprint density at radius 2 is 2.23 bits per heavy atom. The molecule has 0 bridgehead atoms. The van der Waals surface area contributed by atoms with Gasteiger partial charge < -0.3 is 0 Å². The number of hydrogen-bond donors (Lipinski definition) is 0. The van der Waals surface area contributed by atoms with Gasteiger partial charge in [-0.3, -0.25) is 0 Å². The lowest BCUT2D eigenvalue weighted by molar-refractivity contribution is 0.820. The van der Waals surface area contributed by atoms with Gasteiger partial charge in [0.25, 0.3) is 0 Å². The summed E-state index contributed by atoms with van der Waals surface area (Å²) in [6, 6.07) is 1.95. The fourth-order valence-corrected chi connectivity index (χ4v) is 1.71. The highest BCUT2D eigenvalue weighted by atomic mass is 35.5. The third kappa shape index (κ3) is 1.83. The molecule has 1 aliphatic carbocycles. The molecule has 1 heterocycles. The van der Waals surface area contributed by atoms with Gasteiger partial charge in [0.2, 0.25) is 0 Å². The molecule has 2 rings (SSSR count). The van der Waals surface area contributed by atoms with E-state index in [0.717, 1.165) is 23.1 Å². The monoisotopic (exact) mass is 196 g/mol. The minimum atomic E-state index is 0.484. The molecule has 1 saturated carbocycles. The van der Waals surface area contributed by atoms with Crippen molar-refractivity contribution in [3.8, 4) is 0 Å². The Bertz CT molecular complexity index is 325. The van der Waals surface area contributed by atoms with Crippen LogP contribution >= 0.6 is 11.6 Å². The molecule has 3 heteroatoms. The molecule has 0 spiro atoms. The Kier molecular flexibility index (Phi) is 2.24. The van der Waals surface area contributed by atoms with Crippen molar-refractivity contribution in [3.05, 3.63) is 23.3 Å². The van der Waals surface area contributed by atoms with E-state index in [9.17, 15) is 0 Å². The molecular weight excluding hydrogens is 184 g/mol. The van der Waals surface area contributed by atoms with Crippen molar-refractivity contribution in [1.29, 1.82) is 0 Å². The summed E-state index contributed by atoms with van der Waals surface area (Å²) in [5, 5.41) is 0. The van der Waals surface area contributed by atoms with E-state index >= 15 is 0 Å². The fraction of sp³-hybridized carbons (Fsp3) is 0.600. The molecule has 1 aliphatic rings. The largest absolute Gasteiger partial charge is 0.238 e. The Hall–Kier alpha value is -0.630. The summed E-state index contributed by atoms with van der Waals surface area (Å²) in [6.07, 6.45) is 1.23. The van der Waals surface area contributed by atoms with Gasteiger partial charge >= 0.3 is 0 Å². The molecule has 0 aliphatic heterocycles.